The second kappa shape index (κ2) is 5.45. The molecule has 2 aliphatic rings. The number of likely N-dealkylation sites (tertiary alicyclic amines) is 1. The van der Waals surface area contributed by atoms with Gasteiger partial charge in [-0.15, -0.1) is 0 Å². The zero-order chi connectivity index (χ0) is 13.2. The van der Waals surface area contributed by atoms with E-state index in [9.17, 15) is 8.42 Å². The Labute approximate surface area is 110 Å². The van der Waals surface area contributed by atoms with Crippen LogP contribution in [-0.2, 0) is 14.6 Å². The first-order chi connectivity index (χ1) is 8.51. The van der Waals surface area contributed by atoms with Gasteiger partial charge in [0.2, 0.25) is 0 Å². The van der Waals surface area contributed by atoms with Crippen molar-refractivity contribution in [2.75, 3.05) is 38.2 Å². The van der Waals surface area contributed by atoms with Crippen LogP contribution in [0.5, 0.6) is 0 Å². The summed E-state index contributed by atoms with van der Waals surface area (Å²) in [4.78, 5) is 2.40. The highest BCUT2D eigenvalue weighted by atomic mass is 32.2. The number of sulfone groups is 1. The Morgan fingerprint density at radius 2 is 1.83 bits per heavy atom. The van der Waals surface area contributed by atoms with Crippen molar-refractivity contribution in [1.82, 2.24) is 4.90 Å². The van der Waals surface area contributed by atoms with Gasteiger partial charge in [0.05, 0.1) is 17.6 Å². The zero-order valence-electron chi connectivity index (χ0n) is 11.1. The molecule has 0 atom stereocenters. The summed E-state index contributed by atoms with van der Waals surface area (Å²) in [6.45, 7) is 2.49. The largest absolute Gasteiger partial charge is 0.381 e. The van der Waals surface area contributed by atoms with Gasteiger partial charge in [-0.3, -0.25) is 4.90 Å². The lowest BCUT2D eigenvalue weighted by atomic mass is 9.88. The highest BCUT2D eigenvalue weighted by Gasteiger charge is 2.41. The fourth-order valence-electron chi connectivity index (χ4n) is 3.13. The van der Waals surface area contributed by atoms with Crippen LogP contribution in [0.3, 0.4) is 0 Å². The molecule has 5 nitrogen and oxygen atoms in total. The molecule has 2 heterocycles. The lowest BCUT2D eigenvalue weighted by molar-refractivity contribution is -0.00584. The van der Waals surface area contributed by atoms with Crippen LogP contribution in [0.25, 0.3) is 0 Å². The van der Waals surface area contributed by atoms with Gasteiger partial charge in [-0.25, -0.2) is 8.42 Å². The van der Waals surface area contributed by atoms with Crippen molar-refractivity contribution in [3.8, 4) is 0 Å². The summed E-state index contributed by atoms with van der Waals surface area (Å²) in [6.07, 6.45) is 3.76. The topological polar surface area (TPSA) is 72.6 Å². The molecule has 2 fully saturated rings. The minimum Gasteiger partial charge on any atom is -0.381 e. The molecule has 0 bridgehead atoms. The van der Waals surface area contributed by atoms with Crippen LogP contribution in [0, 0.1) is 0 Å². The quantitative estimate of drug-likeness (QED) is 0.786. The van der Waals surface area contributed by atoms with Crippen LogP contribution in [0.1, 0.15) is 25.7 Å². The Bertz CT molecular complexity index is 361. The minimum absolute atomic E-state index is 0.0932. The predicted octanol–water partition coefficient (Wildman–Crippen LogP) is 0.00330. The van der Waals surface area contributed by atoms with Gasteiger partial charge in [0.25, 0.3) is 0 Å². The third-order valence-corrected chi connectivity index (χ3v) is 6.24. The van der Waals surface area contributed by atoms with E-state index in [0.717, 1.165) is 25.9 Å². The number of ether oxygens (including phenoxy) is 1. The van der Waals surface area contributed by atoms with Crippen molar-refractivity contribution in [3.05, 3.63) is 0 Å². The molecule has 2 aliphatic heterocycles. The third kappa shape index (κ3) is 2.87. The number of nitrogens with two attached hydrogens (primary N) is 1. The first-order valence-electron chi connectivity index (χ1n) is 6.70. The van der Waals surface area contributed by atoms with Crippen molar-refractivity contribution in [2.45, 2.75) is 37.3 Å². The molecular weight excluding hydrogens is 252 g/mol. The van der Waals surface area contributed by atoms with Crippen molar-refractivity contribution in [3.63, 3.8) is 0 Å². The maximum atomic E-state index is 11.6. The maximum absolute atomic E-state index is 11.6. The smallest absolute Gasteiger partial charge is 0.150 e. The van der Waals surface area contributed by atoms with Crippen LogP contribution in [0.4, 0.5) is 0 Å². The van der Waals surface area contributed by atoms with Crippen molar-refractivity contribution in [2.24, 2.45) is 5.73 Å². The van der Waals surface area contributed by atoms with Crippen LogP contribution in [-0.4, -0.2) is 63.2 Å². The van der Waals surface area contributed by atoms with Gasteiger partial charge >= 0.3 is 0 Å². The molecule has 0 aromatic rings. The summed E-state index contributed by atoms with van der Waals surface area (Å²) in [7, 11) is -1.07. The average molecular weight is 276 g/mol. The highest BCUT2D eigenvalue weighted by Crippen LogP contribution is 2.32. The first-order valence-corrected chi connectivity index (χ1v) is 8.52. The lowest BCUT2D eigenvalue weighted by Gasteiger charge is -2.48. The molecule has 0 aromatic carbocycles. The summed E-state index contributed by atoms with van der Waals surface area (Å²) in [6, 6.07) is 0. The van der Waals surface area contributed by atoms with E-state index in [0.29, 0.717) is 25.5 Å². The van der Waals surface area contributed by atoms with Crippen molar-refractivity contribution >= 4 is 9.84 Å². The summed E-state index contributed by atoms with van der Waals surface area (Å²) >= 11 is 0. The van der Waals surface area contributed by atoms with Crippen molar-refractivity contribution < 1.29 is 13.2 Å². The Morgan fingerprint density at radius 1 is 1.28 bits per heavy atom. The van der Waals surface area contributed by atoms with E-state index < -0.39 is 9.84 Å². The summed E-state index contributed by atoms with van der Waals surface area (Å²) < 4.78 is 28.5. The summed E-state index contributed by atoms with van der Waals surface area (Å²) in [5, 5.41) is 0. The van der Waals surface area contributed by atoms with Crippen LogP contribution in [0.2, 0.25) is 0 Å². The monoisotopic (exact) mass is 276 g/mol. The van der Waals surface area contributed by atoms with Gasteiger partial charge in [-0.1, -0.05) is 0 Å². The van der Waals surface area contributed by atoms with Gasteiger partial charge < -0.3 is 10.5 Å². The highest BCUT2D eigenvalue weighted by molar-refractivity contribution is 7.91. The number of methoxy groups -OCH3 is 1. The Morgan fingerprint density at radius 3 is 2.28 bits per heavy atom. The normalized spacial score (nSPS) is 29.2. The van der Waals surface area contributed by atoms with Gasteiger partial charge in [0.1, 0.15) is 9.84 Å². The molecule has 0 radical (unpaired) electrons. The van der Waals surface area contributed by atoms with E-state index in [4.69, 9.17) is 10.5 Å². The summed E-state index contributed by atoms with van der Waals surface area (Å²) in [5.41, 5.74) is 5.86. The van der Waals surface area contributed by atoms with Crippen molar-refractivity contribution in [1.29, 1.82) is 0 Å². The standard InChI is InChI=1S/C12H24N2O3S/c1-17-11-2-6-14(7-3-11)12(10-13)4-8-18(15,16)9-5-12/h11H,2-10,13H2,1H3. The van der Waals surface area contributed by atoms with Gasteiger partial charge in [0.15, 0.2) is 0 Å². The molecule has 2 saturated heterocycles. The van der Waals surface area contributed by atoms with Gasteiger partial charge in [-0.05, 0) is 25.7 Å². The minimum atomic E-state index is -2.82. The molecule has 2 N–H and O–H groups in total. The molecule has 2 rings (SSSR count). The molecule has 0 unspecified atom stereocenters. The number of hydrogen-bond donors (Lipinski definition) is 1. The molecule has 0 aromatic heterocycles. The SMILES string of the molecule is COC1CCN(C2(CN)CCS(=O)(=O)CC2)CC1. The lowest BCUT2D eigenvalue weighted by Crippen LogP contribution is -2.60. The molecule has 0 spiro atoms. The molecule has 18 heavy (non-hydrogen) atoms. The number of piperidine rings is 1. The van der Waals surface area contributed by atoms with E-state index in [1.807, 2.05) is 0 Å². The van der Waals surface area contributed by atoms with E-state index in [2.05, 4.69) is 4.90 Å². The fraction of sp³-hybridized carbons (Fsp3) is 1.00. The predicted molar refractivity (Wildman–Crippen MR) is 71.3 cm³/mol. The Balaban J connectivity index is 2.01. The Hall–Kier alpha value is -0.170. The molecule has 0 saturated carbocycles. The summed E-state index contributed by atoms with van der Waals surface area (Å²) in [5.74, 6) is 0.572. The van der Waals surface area contributed by atoms with E-state index >= 15 is 0 Å². The second-order valence-electron chi connectivity index (χ2n) is 5.50. The van der Waals surface area contributed by atoms with Crippen LogP contribution < -0.4 is 5.73 Å². The third-order valence-electron chi connectivity index (χ3n) is 4.58. The number of rotatable bonds is 3. The number of nitrogens with zero attached hydrogens (tertiary/aromatic N) is 1. The number of hydrogen-bond acceptors (Lipinski definition) is 5. The van der Waals surface area contributed by atoms with Crippen LogP contribution >= 0.6 is 0 Å². The molecular formula is C12H24N2O3S. The molecule has 0 aliphatic carbocycles. The van der Waals surface area contributed by atoms with E-state index in [1.165, 1.54) is 0 Å². The molecule has 0 amide bonds. The molecule has 106 valence electrons. The Kier molecular flexibility index (Phi) is 4.31. The average Bonchev–Trinajstić information content (AvgIpc) is 2.40. The molecule has 6 heteroatoms. The zero-order valence-corrected chi connectivity index (χ0v) is 11.9. The van der Waals surface area contributed by atoms with E-state index in [1.54, 1.807) is 7.11 Å². The van der Waals surface area contributed by atoms with Crippen LogP contribution in [0.15, 0.2) is 0 Å². The van der Waals surface area contributed by atoms with Gasteiger partial charge in [0, 0.05) is 32.3 Å². The second-order valence-corrected chi connectivity index (χ2v) is 7.81. The van der Waals surface area contributed by atoms with Gasteiger partial charge in [-0.2, -0.15) is 0 Å². The fourth-order valence-corrected chi connectivity index (χ4v) is 4.72. The first kappa shape index (κ1) is 14.2. The van der Waals surface area contributed by atoms with E-state index in [-0.39, 0.29) is 17.0 Å². The maximum Gasteiger partial charge on any atom is 0.150 e.